The highest BCUT2D eigenvalue weighted by Crippen LogP contribution is 2.05. The summed E-state index contributed by atoms with van der Waals surface area (Å²) in [7, 11) is 0. The molecule has 0 saturated heterocycles. The lowest BCUT2D eigenvalue weighted by Gasteiger charge is -2.08. The van der Waals surface area contributed by atoms with Crippen LogP contribution in [0.25, 0.3) is 0 Å². The van der Waals surface area contributed by atoms with Gasteiger partial charge in [0.25, 0.3) is 0 Å². The van der Waals surface area contributed by atoms with Crippen molar-refractivity contribution in [3.63, 3.8) is 0 Å². The summed E-state index contributed by atoms with van der Waals surface area (Å²) in [6.07, 6.45) is 0. The van der Waals surface area contributed by atoms with Crippen LogP contribution in [-0.2, 0) is 6.54 Å². The van der Waals surface area contributed by atoms with E-state index in [4.69, 9.17) is 0 Å². The van der Waals surface area contributed by atoms with E-state index >= 15 is 0 Å². The van der Waals surface area contributed by atoms with Gasteiger partial charge in [-0.25, -0.2) is 0 Å². The Morgan fingerprint density at radius 3 is 3.09 bits per heavy atom. The summed E-state index contributed by atoms with van der Waals surface area (Å²) in [5, 5.41) is 8.69. The minimum absolute atomic E-state index is 0.551. The lowest BCUT2D eigenvalue weighted by Crippen LogP contribution is -2.26. The minimum Gasteiger partial charge on any atom is -0.309 e. The van der Waals surface area contributed by atoms with Gasteiger partial charge in [-0.3, -0.25) is 0 Å². The van der Waals surface area contributed by atoms with E-state index < -0.39 is 0 Å². The maximum atomic E-state index is 3.42. The molecule has 0 spiro atoms. The third kappa shape index (κ3) is 3.36. The normalized spacial score (nSPS) is 13.3. The average Bonchev–Trinajstić information content (AvgIpc) is 2.52. The van der Waals surface area contributed by atoms with E-state index in [0.29, 0.717) is 6.04 Å². The number of halogens is 1. The molecule has 1 rings (SSSR count). The lowest BCUT2D eigenvalue weighted by molar-refractivity contribution is 0.599. The maximum Gasteiger partial charge on any atom is 0.0216 e. The molecule has 3 heteroatoms. The second kappa shape index (κ2) is 4.91. The minimum atomic E-state index is 0.551. The molecule has 1 nitrogen and oxygen atoms in total. The molecule has 0 aromatic carbocycles. The summed E-state index contributed by atoms with van der Waals surface area (Å²) in [4.78, 5) is 0. The summed E-state index contributed by atoms with van der Waals surface area (Å²) < 4.78 is 0. The van der Waals surface area contributed by atoms with Crippen LogP contribution in [0.1, 0.15) is 12.5 Å². The molecule has 0 aliphatic rings. The number of rotatable bonds is 4. The Morgan fingerprint density at radius 2 is 2.55 bits per heavy atom. The van der Waals surface area contributed by atoms with Gasteiger partial charge in [0.15, 0.2) is 0 Å². The van der Waals surface area contributed by atoms with Crippen molar-refractivity contribution in [1.29, 1.82) is 0 Å². The van der Waals surface area contributed by atoms with Gasteiger partial charge in [-0.2, -0.15) is 11.3 Å². The largest absolute Gasteiger partial charge is 0.309 e. The van der Waals surface area contributed by atoms with Crippen LogP contribution in [0.15, 0.2) is 16.8 Å². The number of thiophene rings is 1. The van der Waals surface area contributed by atoms with Crippen molar-refractivity contribution in [2.75, 3.05) is 5.33 Å². The smallest absolute Gasteiger partial charge is 0.0216 e. The predicted molar refractivity (Wildman–Crippen MR) is 54.4 cm³/mol. The van der Waals surface area contributed by atoms with Crippen LogP contribution in [0.4, 0.5) is 0 Å². The Bertz CT molecular complexity index is 186. The highest BCUT2D eigenvalue weighted by atomic mass is 79.9. The zero-order chi connectivity index (χ0) is 8.10. The van der Waals surface area contributed by atoms with E-state index in [1.807, 2.05) is 0 Å². The highest BCUT2D eigenvalue weighted by Gasteiger charge is 1.97. The standard InChI is InChI=1S/C8H12BrNS/c1-7(4-9)10-5-8-2-3-11-6-8/h2-3,6-7,10H,4-5H2,1H3. The molecule has 0 amide bonds. The second-order valence-electron chi connectivity index (χ2n) is 2.57. The first kappa shape index (κ1) is 9.23. The summed E-state index contributed by atoms with van der Waals surface area (Å²) in [6, 6.07) is 2.70. The third-order valence-corrected chi connectivity index (χ3v) is 3.17. The molecule has 11 heavy (non-hydrogen) atoms. The monoisotopic (exact) mass is 233 g/mol. The fourth-order valence-electron chi connectivity index (χ4n) is 0.740. The van der Waals surface area contributed by atoms with Crippen molar-refractivity contribution < 1.29 is 0 Å². The van der Waals surface area contributed by atoms with Gasteiger partial charge < -0.3 is 5.32 Å². The first-order valence-corrected chi connectivity index (χ1v) is 5.70. The van der Waals surface area contributed by atoms with Crippen LogP contribution in [0, 0.1) is 0 Å². The van der Waals surface area contributed by atoms with Crippen LogP contribution in [0.5, 0.6) is 0 Å². The van der Waals surface area contributed by atoms with E-state index in [1.165, 1.54) is 5.56 Å². The zero-order valence-corrected chi connectivity index (χ0v) is 8.91. The summed E-state index contributed by atoms with van der Waals surface area (Å²) in [5.41, 5.74) is 1.38. The van der Waals surface area contributed by atoms with E-state index in [9.17, 15) is 0 Å². The SMILES string of the molecule is CC(CBr)NCc1ccsc1. The van der Waals surface area contributed by atoms with E-state index in [0.717, 1.165) is 11.9 Å². The fraction of sp³-hybridized carbons (Fsp3) is 0.500. The topological polar surface area (TPSA) is 12.0 Å². The van der Waals surface area contributed by atoms with Gasteiger partial charge in [-0.1, -0.05) is 15.9 Å². The van der Waals surface area contributed by atoms with Gasteiger partial charge in [-0.15, -0.1) is 0 Å². The Labute approximate surface area is 79.9 Å². The van der Waals surface area contributed by atoms with Gasteiger partial charge >= 0.3 is 0 Å². The van der Waals surface area contributed by atoms with Gasteiger partial charge in [0.2, 0.25) is 0 Å². The third-order valence-electron chi connectivity index (χ3n) is 1.47. The molecule has 0 saturated carbocycles. The second-order valence-corrected chi connectivity index (χ2v) is 4.00. The van der Waals surface area contributed by atoms with Gasteiger partial charge in [0.05, 0.1) is 0 Å². The van der Waals surface area contributed by atoms with Crippen LogP contribution >= 0.6 is 27.3 Å². The Balaban J connectivity index is 2.23. The van der Waals surface area contributed by atoms with E-state index in [-0.39, 0.29) is 0 Å². The molecule has 1 atom stereocenters. The quantitative estimate of drug-likeness (QED) is 0.789. The summed E-state index contributed by atoms with van der Waals surface area (Å²) in [5.74, 6) is 0. The molecule has 1 aromatic rings. The molecule has 1 aromatic heterocycles. The fourth-order valence-corrected chi connectivity index (χ4v) is 1.64. The molecule has 0 radical (unpaired) electrons. The van der Waals surface area contributed by atoms with Gasteiger partial charge in [0.1, 0.15) is 0 Å². The number of alkyl halides is 1. The molecule has 1 N–H and O–H groups in total. The van der Waals surface area contributed by atoms with E-state index in [1.54, 1.807) is 11.3 Å². The Kier molecular flexibility index (Phi) is 4.12. The molecule has 0 fully saturated rings. The van der Waals surface area contributed by atoms with Crippen molar-refractivity contribution >= 4 is 27.3 Å². The molecular formula is C8H12BrNS. The van der Waals surface area contributed by atoms with Crippen molar-refractivity contribution in [2.24, 2.45) is 0 Å². The molecular weight excluding hydrogens is 222 g/mol. The number of nitrogens with one attached hydrogen (secondary N) is 1. The first-order valence-electron chi connectivity index (χ1n) is 3.63. The van der Waals surface area contributed by atoms with Gasteiger partial charge in [0, 0.05) is 17.9 Å². The highest BCUT2D eigenvalue weighted by molar-refractivity contribution is 9.09. The van der Waals surface area contributed by atoms with Crippen LogP contribution in [-0.4, -0.2) is 11.4 Å². The Hall–Kier alpha value is 0.140. The van der Waals surface area contributed by atoms with Crippen molar-refractivity contribution in [3.05, 3.63) is 22.4 Å². The Morgan fingerprint density at radius 1 is 1.73 bits per heavy atom. The molecule has 0 aliphatic heterocycles. The van der Waals surface area contributed by atoms with E-state index in [2.05, 4.69) is 45.0 Å². The summed E-state index contributed by atoms with van der Waals surface area (Å²) in [6.45, 7) is 3.15. The van der Waals surface area contributed by atoms with Crippen LogP contribution in [0.2, 0.25) is 0 Å². The van der Waals surface area contributed by atoms with Crippen molar-refractivity contribution in [3.8, 4) is 0 Å². The van der Waals surface area contributed by atoms with Crippen LogP contribution in [0.3, 0.4) is 0 Å². The van der Waals surface area contributed by atoms with Crippen molar-refractivity contribution in [1.82, 2.24) is 5.32 Å². The van der Waals surface area contributed by atoms with Crippen LogP contribution < -0.4 is 5.32 Å². The molecule has 62 valence electrons. The summed E-state index contributed by atoms with van der Waals surface area (Å²) >= 11 is 5.17. The number of hydrogen-bond acceptors (Lipinski definition) is 2. The number of hydrogen-bond donors (Lipinski definition) is 1. The zero-order valence-electron chi connectivity index (χ0n) is 6.51. The average molecular weight is 234 g/mol. The molecule has 0 bridgehead atoms. The van der Waals surface area contributed by atoms with Crippen molar-refractivity contribution in [2.45, 2.75) is 19.5 Å². The molecule has 1 heterocycles. The lowest BCUT2D eigenvalue weighted by atomic mass is 10.3. The molecule has 1 unspecified atom stereocenters. The first-order chi connectivity index (χ1) is 5.33. The maximum absolute atomic E-state index is 3.42. The predicted octanol–water partition coefficient (Wildman–Crippen LogP) is 2.62. The molecule has 0 aliphatic carbocycles. The van der Waals surface area contributed by atoms with Gasteiger partial charge in [-0.05, 0) is 29.3 Å².